The van der Waals surface area contributed by atoms with Gasteiger partial charge in [0.1, 0.15) is 5.60 Å². The molecule has 0 amide bonds. The van der Waals surface area contributed by atoms with Crippen molar-refractivity contribution in [1.29, 1.82) is 0 Å². The third-order valence-corrected chi connectivity index (χ3v) is 5.31. The van der Waals surface area contributed by atoms with E-state index in [-0.39, 0.29) is 5.60 Å². The smallest absolute Gasteiger partial charge is 0.159 e. The molecule has 0 unspecified atom stereocenters. The average Bonchev–Trinajstić information content (AvgIpc) is 3.27. The van der Waals surface area contributed by atoms with Crippen LogP contribution in [0.3, 0.4) is 0 Å². The van der Waals surface area contributed by atoms with Crippen molar-refractivity contribution in [3.63, 3.8) is 0 Å². The largest absolute Gasteiger partial charge is 0.389 e. The first-order valence-electron chi connectivity index (χ1n) is 9.05. The topological polar surface area (TPSA) is 77.2 Å². The Morgan fingerprint density at radius 3 is 2.88 bits per heavy atom. The second-order valence-corrected chi connectivity index (χ2v) is 6.95. The maximum absolute atomic E-state index is 5.79. The van der Waals surface area contributed by atoms with Crippen molar-refractivity contribution in [2.24, 2.45) is 5.16 Å². The molecular formula is C19H20N6O. The van der Waals surface area contributed by atoms with Gasteiger partial charge in [-0.15, -0.1) is 0 Å². The van der Waals surface area contributed by atoms with Crippen LogP contribution in [0.25, 0.3) is 11.0 Å². The number of aromatic nitrogens is 4. The number of oxime groups is 1. The highest BCUT2D eigenvalue weighted by atomic mass is 16.7. The number of hydrogen-bond donors (Lipinski definition) is 1. The van der Waals surface area contributed by atoms with Gasteiger partial charge in [-0.25, -0.2) is 9.67 Å². The second-order valence-electron chi connectivity index (χ2n) is 6.95. The zero-order chi connectivity index (χ0) is 17.6. The number of aryl methyl sites for hydroxylation is 1. The molecule has 7 heteroatoms. The van der Waals surface area contributed by atoms with Crippen molar-refractivity contribution in [3.8, 4) is 0 Å². The molecule has 26 heavy (non-hydrogen) atoms. The summed E-state index contributed by atoms with van der Waals surface area (Å²) in [5.41, 5.74) is 4.59. The van der Waals surface area contributed by atoms with Gasteiger partial charge in [-0.05, 0) is 38.3 Å². The highest BCUT2D eigenvalue weighted by Gasteiger charge is 2.45. The molecule has 4 heterocycles. The average molecular weight is 348 g/mol. The monoisotopic (exact) mass is 348 g/mol. The van der Waals surface area contributed by atoms with E-state index in [0.717, 1.165) is 59.5 Å². The summed E-state index contributed by atoms with van der Waals surface area (Å²) < 4.78 is 1.90. The Balaban J connectivity index is 1.61. The quantitative estimate of drug-likeness (QED) is 0.779. The standard InChI is InChI=1S/C19H20N6O/c1-2-25-18-15(12-22-25)17(23-13-5-3-8-20-10-13)14(11-21-18)16-9-19(26-24-16)6-4-7-19/h3,5,8,10-12H,2,4,6-7,9H2,1H3,(H,21,23). The summed E-state index contributed by atoms with van der Waals surface area (Å²) in [6.07, 6.45) is 11.5. The number of nitrogens with zero attached hydrogens (tertiary/aromatic N) is 5. The molecule has 132 valence electrons. The van der Waals surface area contributed by atoms with E-state index in [1.165, 1.54) is 6.42 Å². The number of anilines is 2. The Kier molecular flexibility index (Phi) is 3.41. The van der Waals surface area contributed by atoms with Gasteiger partial charge in [-0.1, -0.05) is 5.16 Å². The van der Waals surface area contributed by atoms with Gasteiger partial charge in [-0.2, -0.15) is 5.10 Å². The van der Waals surface area contributed by atoms with Crippen molar-refractivity contribution in [2.75, 3.05) is 5.32 Å². The maximum atomic E-state index is 5.79. The van der Waals surface area contributed by atoms with Crippen LogP contribution in [0.5, 0.6) is 0 Å². The summed E-state index contributed by atoms with van der Waals surface area (Å²) in [6.45, 7) is 2.83. The molecule has 1 aliphatic carbocycles. The molecule has 3 aromatic rings. The number of hydrogen-bond acceptors (Lipinski definition) is 6. The maximum Gasteiger partial charge on any atom is 0.159 e. The predicted molar refractivity (Wildman–Crippen MR) is 99.5 cm³/mol. The third-order valence-electron chi connectivity index (χ3n) is 5.31. The molecule has 2 aliphatic rings. The first-order chi connectivity index (χ1) is 12.8. The zero-order valence-electron chi connectivity index (χ0n) is 14.6. The number of rotatable bonds is 4. The van der Waals surface area contributed by atoms with Crippen molar-refractivity contribution >= 4 is 28.1 Å². The van der Waals surface area contributed by atoms with Gasteiger partial charge in [-0.3, -0.25) is 4.98 Å². The van der Waals surface area contributed by atoms with Crippen molar-refractivity contribution < 1.29 is 4.84 Å². The Hall–Kier alpha value is -2.96. The Labute approximate surface area is 151 Å². The van der Waals surface area contributed by atoms with Crippen LogP contribution in [0.2, 0.25) is 0 Å². The number of fused-ring (bicyclic) bond motifs is 1. The summed E-state index contributed by atoms with van der Waals surface area (Å²) in [4.78, 5) is 14.6. The van der Waals surface area contributed by atoms with E-state index in [1.54, 1.807) is 12.4 Å². The molecule has 1 spiro atoms. The van der Waals surface area contributed by atoms with Gasteiger partial charge < -0.3 is 10.2 Å². The first-order valence-corrected chi connectivity index (χ1v) is 9.05. The highest BCUT2D eigenvalue weighted by molar-refractivity contribution is 6.11. The van der Waals surface area contributed by atoms with Crippen LogP contribution in [0.15, 0.2) is 42.1 Å². The SMILES string of the molecule is CCn1ncc2c(Nc3cccnc3)c(C3=NOC4(CCC4)C3)cnc21. The van der Waals surface area contributed by atoms with E-state index in [9.17, 15) is 0 Å². The molecule has 3 aromatic heterocycles. The molecule has 0 atom stereocenters. The predicted octanol–water partition coefficient (Wildman–Crippen LogP) is 3.64. The lowest BCUT2D eigenvalue weighted by Crippen LogP contribution is -2.36. The summed E-state index contributed by atoms with van der Waals surface area (Å²) in [5, 5.41) is 13.4. The molecular weight excluding hydrogens is 328 g/mol. The summed E-state index contributed by atoms with van der Waals surface area (Å²) >= 11 is 0. The minimum atomic E-state index is -0.0799. The number of pyridine rings is 2. The van der Waals surface area contributed by atoms with Crippen LogP contribution >= 0.6 is 0 Å². The van der Waals surface area contributed by atoms with Crippen LogP contribution in [-0.4, -0.2) is 31.1 Å². The van der Waals surface area contributed by atoms with E-state index < -0.39 is 0 Å². The van der Waals surface area contributed by atoms with E-state index >= 15 is 0 Å². The molecule has 1 saturated carbocycles. The minimum Gasteiger partial charge on any atom is -0.389 e. The Morgan fingerprint density at radius 1 is 1.27 bits per heavy atom. The fourth-order valence-electron chi connectivity index (χ4n) is 3.70. The van der Waals surface area contributed by atoms with Crippen LogP contribution in [-0.2, 0) is 11.4 Å². The molecule has 7 nitrogen and oxygen atoms in total. The van der Waals surface area contributed by atoms with Crippen LogP contribution < -0.4 is 5.32 Å². The van der Waals surface area contributed by atoms with Gasteiger partial charge in [0.25, 0.3) is 0 Å². The first kappa shape index (κ1) is 15.3. The molecule has 0 bridgehead atoms. The lowest BCUT2D eigenvalue weighted by atomic mass is 9.76. The third kappa shape index (κ3) is 2.34. The zero-order valence-corrected chi connectivity index (χ0v) is 14.6. The normalized spacial score (nSPS) is 17.8. The molecule has 0 saturated heterocycles. The van der Waals surface area contributed by atoms with Crippen molar-refractivity contribution in [2.45, 2.75) is 44.8 Å². The van der Waals surface area contributed by atoms with Gasteiger partial charge in [0.15, 0.2) is 5.65 Å². The number of nitrogens with one attached hydrogen (secondary N) is 1. The molecule has 1 N–H and O–H groups in total. The highest BCUT2D eigenvalue weighted by Crippen LogP contribution is 2.44. The molecule has 0 aromatic carbocycles. The lowest BCUT2D eigenvalue weighted by molar-refractivity contribution is -0.0755. The van der Waals surface area contributed by atoms with Gasteiger partial charge in [0.05, 0.1) is 34.9 Å². The molecule has 0 radical (unpaired) electrons. The summed E-state index contributed by atoms with van der Waals surface area (Å²) in [6, 6.07) is 3.91. The van der Waals surface area contributed by atoms with E-state index in [2.05, 4.69) is 32.5 Å². The van der Waals surface area contributed by atoms with Gasteiger partial charge in [0.2, 0.25) is 0 Å². The van der Waals surface area contributed by atoms with Gasteiger partial charge in [0, 0.05) is 30.9 Å². The summed E-state index contributed by atoms with van der Waals surface area (Å²) in [5.74, 6) is 0. The Bertz CT molecular complexity index is 990. The van der Waals surface area contributed by atoms with Gasteiger partial charge >= 0.3 is 0 Å². The van der Waals surface area contributed by atoms with Crippen LogP contribution in [0.4, 0.5) is 11.4 Å². The molecule has 5 rings (SSSR count). The fourth-order valence-corrected chi connectivity index (χ4v) is 3.70. The summed E-state index contributed by atoms with van der Waals surface area (Å²) in [7, 11) is 0. The Morgan fingerprint density at radius 2 is 2.19 bits per heavy atom. The van der Waals surface area contributed by atoms with E-state index in [4.69, 9.17) is 4.84 Å². The van der Waals surface area contributed by atoms with E-state index in [1.807, 2.05) is 29.2 Å². The molecule has 1 aliphatic heterocycles. The molecule has 1 fully saturated rings. The minimum absolute atomic E-state index is 0.0799. The van der Waals surface area contributed by atoms with Crippen LogP contribution in [0.1, 0.15) is 38.2 Å². The van der Waals surface area contributed by atoms with E-state index in [0.29, 0.717) is 0 Å². The fraction of sp³-hybridized carbons (Fsp3) is 0.368. The van der Waals surface area contributed by atoms with Crippen molar-refractivity contribution in [3.05, 3.63) is 42.5 Å². The second kappa shape index (κ2) is 5.79. The van der Waals surface area contributed by atoms with Crippen LogP contribution in [0, 0.1) is 0 Å². The lowest BCUT2D eigenvalue weighted by Gasteiger charge is -2.34. The van der Waals surface area contributed by atoms with Crippen molar-refractivity contribution in [1.82, 2.24) is 19.7 Å².